The fraction of sp³-hybridized carbons (Fsp3) is 0.0667. The highest BCUT2D eigenvalue weighted by Gasteiger charge is 2.40. The van der Waals surface area contributed by atoms with Gasteiger partial charge in [0.05, 0.1) is 17.8 Å². The van der Waals surface area contributed by atoms with Crippen molar-refractivity contribution in [3.05, 3.63) is 65.0 Å². The molecule has 3 nitrogen and oxygen atoms in total. The second-order valence-corrected chi connectivity index (χ2v) is 4.60. The molecule has 6 heteroatoms. The van der Waals surface area contributed by atoms with Crippen LogP contribution in [0.25, 0.3) is 0 Å². The van der Waals surface area contributed by atoms with Crippen molar-refractivity contribution < 1.29 is 22.8 Å². The van der Waals surface area contributed by atoms with E-state index in [0.717, 1.165) is 17.0 Å². The van der Waals surface area contributed by atoms with E-state index in [1.54, 1.807) is 0 Å². The van der Waals surface area contributed by atoms with Crippen LogP contribution in [0, 0.1) is 17.5 Å². The molecule has 0 spiro atoms. The fourth-order valence-electron chi connectivity index (χ4n) is 2.28. The zero-order valence-corrected chi connectivity index (χ0v) is 10.6. The number of carbonyl (C=O) groups excluding carboxylic acids is 2. The Morgan fingerprint density at radius 1 is 0.857 bits per heavy atom. The molecule has 0 radical (unpaired) electrons. The van der Waals surface area contributed by atoms with Gasteiger partial charge >= 0.3 is 0 Å². The minimum absolute atomic E-state index is 0.141. The molecule has 0 unspecified atom stereocenters. The van der Waals surface area contributed by atoms with E-state index in [1.807, 2.05) is 0 Å². The number of halogens is 3. The maximum atomic E-state index is 13.9. The van der Waals surface area contributed by atoms with Crippen molar-refractivity contribution in [2.24, 2.45) is 0 Å². The van der Waals surface area contributed by atoms with E-state index in [9.17, 15) is 22.8 Å². The average molecular weight is 291 g/mol. The molecule has 0 N–H and O–H groups in total. The van der Waals surface area contributed by atoms with Crippen molar-refractivity contribution in [1.29, 1.82) is 0 Å². The van der Waals surface area contributed by atoms with Crippen molar-refractivity contribution in [1.82, 2.24) is 0 Å². The second-order valence-electron chi connectivity index (χ2n) is 4.60. The molecule has 0 saturated heterocycles. The van der Waals surface area contributed by atoms with E-state index in [2.05, 4.69) is 0 Å². The van der Waals surface area contributed by atoms with E-state index >= 15 is 0 Å². The lowest BCUT2D eigenvalue weighted by Gasteiger charge is -2.17. The van der Waals surface area contributed by atoms with Gasteiger partial charge in [-0.3, -0.25) is 14.5 Å². The number of amides is 1. The van der Waals surface area contributed by atoms with E-state index in [4.69, 9.17) is 0 Å². The third kappa shape index (κ3) is 2.08. The normalized spacial score (nSPS) is 13.8. The molecule has 1 heterocycles. The molecule has 0 aromatic heterocycles. The van der Waals surface area contributed by atoms with Crippen molar-refractivity contribution in [3.8, 4) is 0 Å². The monoisotopic (exact) mass is 291 g/mol. The molecule has 0 fully saturated rings. The maximum Gasteiger partial charge on any atom is 0.299 e. The van der Waals surface area contributed by atoms with Gasteiger partial charge < -0.3 is 0 Å². The number of fused-ring (bicyclic) bond motifs is 1. The third-order valence-corrected chi connectivity index (χ3v) is 3.27. The van der Waals surface area contributed by atoms with Gasteiger partial charge in [-0.1, -0.05) is 12.1 Å². The van der Waals surface area contributed by atoms with Gasteiger partial charge in [-0.05, 0) is 29.8 Å². The maximum absolute atomic E-state index is 13.9. The standard InChI is InChI=1S/C15H8F3NO2/c16-9-3-1-8(2-4-9)7-19-13-11(18)6-5-10(17)12(13)14(20)15(19)21/h1-6H,7H2. The van der Waals surface area contributed by atoms with Crippen molar-refractivity contribution in [3.63, 3.8) is 0 Å². The first-order chi connectivity index (χ1) is 9.99. The van der Waals surface area contributed by atoms with Crippen LogP contribution in [0.1, 0.15) is 15.9 Å². The SMILES string of the molecule is O=C1C(=O)N(Cc2ccc(F)cc2)c2c(F)ccc(F)c21. The van der Waals surface area contributed by atoms with Gasteiger partial charge in [0, 0.05) is 0 Å². The predicted octanol–water partition coefficient (Wildman–Crippen LogP) is 2.83. The van der Waals surface area contributed by atoms with Crippen molar-refractivity contribution in [2.45, 2.75) is 6.54 Å². The summed E-state index contributed by atoms with van der Waals surface area (Å²) in [5.74, 6) is -4.33. The number of hydrogen-bond acceptors (Lipinski definition) is 2. The second kappa shape index (κ2) is 4.73. The quantitative estimate of drug-likeness (QED) is 0.798. The minimum Gasteiger partial charge on any atom is -0.297 e. The van der Waals surface area contributed by atoms with E-state index in [0.29, 0.717) is 5.56 Å². The predicted molar refractivity (Wildman–Crippen MR) is 68.3 cm³/mol. The lowest BCUT2D eigenvalue weighted by molar-refractivity contribution is -0.114. The molecular weight excluding hydrogens is 283 g/mol. The number of hydrogen-bond donors (Lipinski definition) is 0. The van der Waals surface area contributed by atoms with Crippen LogP contribution >= 0.6 is 0 Å². The van der Waals surface area contributed by atoms with Crippen molar-refractivity contribution in [2.75, 3.05) is 4.90 Å². The average Bonchev–Trinajstić information content (AvgIpc) is 2.71. The lowest BCUT2D eigenvalue weighted by Crippen LogP contribution is -2.29. The molecule has 21 heavy (non-hydrogen) atoms. The summed E-state index contributed by atoms with van der Waals surface area (Å²) in [6.45, 7) is -0.141. The number of carbonyl (C=O) groups is 2. The van der Waals surface area contributed by atoms with E-state index in [1.165, 1.54) is 24.3 Å². The van der Waals surface area contributed by atoms with Crippen LogP contribution in [0.15, 0.2) is 36.4 Å². The molecule has 0 bridgehead atoms. The van der Waals surface area contributed by atoms with Gasteiger partial charge in [0.25, 0.3) is 11.7 Å². The van der Waals surface area contributed by atoms with Gasteiger partial charge in [-0.15, -0.1) is 0 Å². The first kappa shape index (κ1) is 13.4. The summed E-state index contributed by atoms with van der Waals surface area (Å²) in [5, 5.41) is 0. The summed E-state index contributed by atoms with van der Waals surface area (Å²) in [7, 11) is 0. The Bertz CT molecular complexity index is 756. The van der Waals surface area contributed by atoms with Gasteiger partial charge in [0.2, 0.25) is 0 Å². The number of rotatable bonds is 2. The van der Waals surface area contributed by atoms with Crippen LogP contribution in [0.4, 0.5) is 18.9 Å². The molecule has 1 amide bonds. The summed E-state index contributed by atoms with van der Waals surface area (Å²) in [4.78, 5) is 24.5. The van der Waals surface area contributed by atoms with Gasteiger partial charge in [-0.25, -0.2) is 13.2 Å². The van der Waals surface area contributed by atoms with E-state index in [-0.39, 0.29) is 12.2 Å². The van der Waals surface area contributed by atoms with Crippen LogP contribution in [0.3, 0.4) is 0 Å². The molecule has 0 atom stereocenters. The summed E-state index contributed by atoms with van der Waals surface area (Å²) >= 11 is 0. The molecule has 1 aliphatic heterocycles. The van der Waals surface area contributed by atoms with Crippen LogP contribution in [-0.4, -0.2) is 11.7 Å². The Kier molecular flexibility index (Phi) is 3.01. The number of ketones is 1. The highest BCUT2D eigenvalue weighted by atomic mass is 19.1. The Balaban J connectivity index is 2.05. The first-order valence-corrected chi connectivity index (χ1v) is 6.07. The summed E-state index contributed by atoms with van der Waals surface area (Å²) in [5.41, 5.74) is -0.425. The Hall–Kier alpha value is -2.63. The Morgan fingerprint density at radius 2 is 1.48 bits per heavy atom. The highest BCUT2D eigenvalue weighted by Crippen LogP contribution is 2.34. The largest absolute Gasteiger partial charge is 0.299 e. The number of benzene rings is 2. The van der Waals surface area contributed by atoms with Gasteiger partial charge in [-0.2, -0.15) is 0 Å². The number of nitrogens with zero attached hydrogens (tertiary/aromatic N) is 1. The molecule has 2 aromatic carbocycles. The minimum atomic E-state index is -1.08. The lowest BCUT2D eigenvalue weighted by atomic mass is 10.1. The Morgan fingerprint density at radius 3 is 2.14 bits per heavy atom. The molecule has 0 aliphatic carbocycles. The van der Waals surface area contributed by atoms with Gasteiger partial charge in [0.15, 0.2) is 0 Å². The molecular formula is C15H8F3NO2. The summed E-state index contributed by atoms with van der Waals surface area (Å²) < 4.78 is 40.4. The zero-order valence-electron chi connectivity index (χ0n) is 10.6. The summed E-state index contributed by atoms with van der Waals surface area (Å²) in [6.07, 6.45) is 0. The third-order valence-electron chi connectivity index (χ3n) is 3.27. The first-order valence-electron chi connectivity index (χ1n) is 6.07. The molecule has 106 valence electrons. The van der Waals surface area contributed by atoms with Crippen molar-refractivity contribution >= 4 is 17.4 Å². The van der Waals surface area contributed by atoms with Gasteiger partial charge in [0.1, 0.15) is 17.5 Å². The molecule has 0 saturated carbocycles. The fourth-order valence-corrected chi connectivity index (χ4v) is 2.28. The topological polar surface area (TPSA) is 37.4 Å². The Labute approximate surface area is 117 Å². The van der Waals surface area contributed by atoms with Crippen LogP contribution < -0.4 is 4.90 Å². The number of anilines is 1. The van der Waals surface area contributed by atoms with Crippen LogP contribution in [0.2, 0.25) is 0 Å². The van der Waals surface area contributed by atoms with E-state index < -0.39 is 34.7 Å². The molecule has 1 aliphatic rings. The molecule has 2 aromatic rings. The summed E-state index contributed by atoms with van der Waals surface area (Å²) in [6, 6.07) is 6.84. The van der Waals surface area contributed by atoms with Crippen LogP contribution in [-0.2, 0) is 11.3 Å². The highest BCUT2D eigenvalue weighted by molar-refractivity contribution is 6.52. The number of Topliss-reactive ketones (excluding diaryl/α,β-unsaturated/α-hetero) is 1. The zero-order chi connectivity index (χ0) is 15.1. The molecule has 3 rings (SSSR count). The smallest absolute Gasteiger partial charge is 0.297 e. The van der Waals surface area contributed by atoms with Crippen LogP contribution in [0.5, 0.6) is 0 Å².